The van der Waals surface area contributed by atoms with Crippen LogP contribution in [0.25, 0.3) is 0 Å². The Labute approximate surface area is 113 Å². The number of halogens is 3. The molecular weight excluding hydrogens is 273 g/mol. The molecule has 1 aliphatic heterocycles. The Kier molecular flexibility index (Phi) is 3.96. The summed E-state index contributed by atoms with van der Waals surface area (Å²) in [5.41, 5.74) is -0.745. The molecule has 1 aliphatic rings. The van der Waals surface area contributed by atoms with Crippen LogP contribution in [0, 0.1) is 0 Å². The van der Waals surface area contributed by atoms with Gasteiger partial charge in [0, 0.05) is 24.9 Å². The number of aliphatic imine (C=N–C) groups is 1. The third kappa shape index (κ3) is 3.28. The molecule has 1 fully saturated rings. The van der Waals surface area contributed by atoms with Gasteiger partial charge in [-0.3, -0.25) is 4.99 Å². The molecular formula is C13H13F3N2O2. The normalized spacial score (nSPS) is 19.8. The highest BCUT2D eigenvalue weighted by atomic mass is 19.4. The van der Waals surface area contributed by atoms with Gasteiger partial charge in [0.2, 0.25) is 0 Å². The van der Waals surface area contributed by atoms with Crippen molar-refractivity contribution in [3.63, 3.8) is 0 Å². The minimum Gasteiger partial charge on any atom is -0.465 e. The zero-order valence-corrected chi connectivity index (χ0v) is 10.5. The van der Waals surface area contributed by atoms with Gasteiger partial charge in [-0.25, -0.2) is 4.79 Å². The summed E-state index contributed by atoms with van der Waals surface area (Å²) in [5.74, 6) is 0. The van der Waals surface area contributed by atoms with Crippen molar-refractivity contribution < 1.29 is 23.1 Å². The van der Waals surface area contributed by atoms with Crippen molar-refractivity contribution in [3.05, 3.63) is 35.4 Å². The second-order valence-corrected chi connectivity index (χ2v) is 4.53. The number of hydrogen-bond donors (Lipinski definition) is 1. The molecule has 1 N–H and O–H groups in total. The number of alkyl halides is 3. The number of hydrogen-bond acceptors (Lipinski definition) is 2. The van der Waals surface area contributed by atoms with E-state index in [1.54, 1.807) is 0 Å². The predicted octanol–water partition coefficient (Wildman–Crippen LogP) is 2.88. The Morgan fingerprint density at radius 2 is 2.10 bits per heavy atom. The number of amides is 1. The Morgan fingerprint density at radius 1 is 1.40 bits per heavy atom. The zero-order valence-electron chi connectivity index (χ0n) is 10.5. The van der Waals surface area contributed by atoms with E-state index in [2.05, 4.69) is 4.99 Å². The van der Waals surface area contributed by atoms with Crippen molar-refractivity contribution >= 4 is 12.3 Å². The minimum atomic E-state index is -4.43. The van der Waals surface area contributed by atoms with Crippen LogP contribution in [0.3, 0.4) is 0 Å². The Balaban J connectivity index is 2.11. The number of likely N-dealkylation sites (tertiary alicyclic amines) is 1. The standard InChI is InChI=1S/C13H13F3N2O2/c14-13(15,16)11-4-2-1-3-9(11)7-17-10-5-6-18(8-10)12(19)20/h1-4,7,10H,5-6,8H2,(H,19,20)/t10-/m0/s1. The molecule has 1 amide bonds. The van der Waals surface area contributed by atoms with E-state index in [1.807, 2.05) is 0 Å². The highest BCUT2D eigenvalue weighted by molar-refractivity contribution is 5.82. The maximum Gasteiger partial charge on any atom is 0.417 e. The average molecular weight is 286 g/mol. The summed E-state index contributed by atoms with van der Waals surface area (Å²) in [4.78, 5) is 16.0. The molecule has 1 aromatic carbocycles. The lowest BCUT2D eigenvalue weighted by Gasteiger charge is -2.11. The fourth-order valence-corrected chi connectivity index (χ4v) is 2.09. The summed E-state index contributed by atoms with van der Waals surface area (Å²) in [6.45, 7) is 0.582. The van der Waals surface area contributed by atoms with Crippen LogP contribution in [0.4, 0.5) is 18.0 Å². The molecule has 0 aliphatic carbocycles. The molecule has 0 saturated carbocycles. The van der Waals surface area contributed by atoms with Crippen LogP contribution in [0.15, 0.2) is 29.3 Å². The first kappa shape index (κ1) is 14.4. The first-order chi connectivity index (χ1) is 9.38. The second-order valence-electron chi connectivity index (χ2n) is 4.53. The van der Waals surface area contributed by atoms with Crippen LogP contribution in [-0.4, -0.2) is 41.4 Å². The summed E-state index contributed by atoms with van der Waals surface area (Å²) in [7, 11) is 0. The van der Waals surface area contributed by atoms with E-state index < -0.39 is 17.8 Å². The van der Waals surface area contributed by atoms with Crippen molar-refractivity contribution in [3.8, 4) is 0 Å². The van der Waals surface area contributed by atoms with Gasteiger partial charge in [-0.2, -0.15) is 13.2 Å². The highest BCUT2D eigenvalue weighted by Crippen LogP contribution is 2.31. The van der Waals surface area contributed by atoms with E-state index in [-0.39, 0.29) is 18.2 Å². The zero-order chi connectivity index (χ0) is 14.8. The van der Waals surface area contributed by atoms with Gasteiger partial charge in [0.05, 0.1) is 11.6 Å². The van der Waals surface area contributed by atoms with Crippen molar-refractivity contribution in [1.82, 2.24) is 4.90 Å². The van der Waals surface area contributed by atoms with E-state index in [0.717, 1.165) is 6.07 Å². The van der Waals surface area contributed by atoms with Gasteiger partial charge < -0.3 is 10.0 Å². The molecule has 2 rings (SSSR count). The van der Waals surface area contributed by atoms with E-state index >= 15 is 0 Å². The quantitative estimate of drug-likeness (QED) is 0.850. The maximum absolute atomic E-state index is 12.8. The lowest BCUT2D eigenvalue weighted by molar-refractivity contribution is -0.137. The summed E-state index contributed by atoms with van der Waals surface area (Å²) < 4.78 is 38.3. The topological polar surface area (TPSA) is 52.9 Å². The van der Waals surface area contributed by atoms with E-state index in [9.17, 15) is 18.0 Å². The predicted molar refractivity (Wildman–Crippen MR) is 67.0 cm³/mol. The molecule has 1 heterocycles. The molecule has 0 unspecified atom stereocenters. The molecule has 0 aromatic heterocycles. The molecule has 0 bridgehead atoms. The second kappa shape index (κ2) is 5.52. The van der Waals surface area contributed by atoms with E-state index in [1.165, 1.54) is 29.3 Å². The van der Waals surface area contributed by atoms with Gasteiger partial charge in [-0.15, -0.1) is 0 Å². The van der Waals surface area contributed by atoms with E-state index in [0.29, 0.717) is 13.0 Å². The molecule has 1 saturated heterocycles. The van der Waals surface area contributed by atoms with E-state index in [4.69, 9.17) is 5.11 Å². The van der Waals surface area contributed by atoms with Crippen molar-refractivity contribution in [2.45, 2.75) is 18.6 Å². The largest absolute Gasteiger partial charge is 0.465 e. The van der Waals surface area contributed by atoms with Crippen LogP contribution in [0.2, 0.25) is 0 Å². The van der Waals surface area contributed by atoms with Crippen molar-refractivity contribution in [1.29, 1.82) is 0 Å². The molecule has 4 nitrogen and oxygen atoms in total. The summed E-state index contributed by atoms with van der Waals surface area (Å²) in [5, 5.41) is 8.79. The van der Waals surface area contributed by atoms with Crippen LogP contribution in [-0.2, 0) is 6.18 Å². The monoisotopic (exact) mass is 286 g/mol. The highest BCUT2D eigenvalue weighted by Gasteiger charge is 2.32. The van der Waals surface area contributed by atoms with Crippen LogP contribution < -0.4 is 0 Å². The summed E-state index contributed by atoms with van der Waals surface area (Å²) >= 11 is 0. The Hall–Kier alpha value is -2.05. The fraction of sp³-hybridized carbons (Fsp3) is 0.385. The van der Waals surface area contributed by atoms with Gasteiger partial charge in [0.1, 0.15) is 0 Å². The molecule has 1 aromatic rings. The Bertz CT molecular complexity index is 529. The van der Waals surface area contributed by atoms with Crippen LogP contribution in [0.1, 0.15) is 17.5 Å². The average Bonchev–Trinajstić information content (AvgIpc) is 2.84. The maximum atomic E-state index is 12.8. The first-order valence-electron chi connectivity index (χ1n) is 6.05. The lowest BCUT2D eigenvalue weighted by Crippen LogP contribution is -2.27. The van der Waals surface area contributed by atoms with Crippen molar-refractivity contribution in [2.75, 3.05) is 13.1 Å². The van der Waals surface area contributed by atoms with Crippen molar-refractivity contribution in [2.24, 2.45) is 4.99 Å². The molecule has 0 radical (unpaired) electrons. The molecule has 1 atom stereocenters. The summed E-state index contributed by atoms with van der Waals surface area (Å²) in [6, 6.07) is 4.89. The Morgan fingerprint density at radius 3 is 2.70 bits per heavy atom. The number of carbonyl (C=O) groups is 1. The van der Waals surface area contributed by atoms with Crippen LogP contribution in [0.5, 0.6) is 0 Å². The number of benzene rings is 1. The van der Waals surface area contributed by atoms with Gasteiger partial charge in [0.15, 0.2) is 0 Å². The van der Waals surface area contributed by atoms with Gasteiger partial charge in [-0.1, -0.05) is 18.2 Å². The number of carboxylic acid groups (broad SMARTS) is 1. The molecule has 20 heavy (non-hydrogen) atoms. The number of rotatable bonds is 2. The van der Waals surface area contributed by atoms with Gasteiger partial charge in [-0.05, 0) is 12.5 Å². The third-order valence-electron chi connectivity index (χ3n) is 3.12. The third-order valence-corrected chi connectivity index (χ3v) is 3.12. The van der Waals surface area contributed by atoms with Gasteiger partial charge in [0.25, 0.3) is 0 Å². The molecule has 7 heteroatoms. The molecule has 0 spiro atoms. The van der Waals surface area contributed by atoms with Crippen LogP contribution >= 0.6 is 0 Å². The first-order valence-corrected chi connectivity index (χ1v) is 6.05. The fourth-order valence-electron chi connectivity index (χ4n) is 2.09. The number of nitrogens with zero attached hydrogens (tertiary/aromatic N) is 2. The van der Waals surface area contributed by atoms with Gasteiger partial charge >= 0.3 is 12.3 Å². The summed E-state index contributed by atoms with van der Waals surface area (Å²) in [6.07, 6.45) is -3.75. The SMILES string of the molecule is O=C(O)N1CC[C@H](N=Cc2ccccc2C(F)(F)F)C1. The lowest BCUT2D eigenvalue weighted by atomic mass is 10.1. The smallest absolute Gasteiger partial charge is 0.417 e. The molecule has 108 valence electrons. The minimum absolute atomic E-state index is 0.00576.